The first-order valence-electron chi connectivity index (χ1n) is 9.49. The Bertz CT molecular complexity index is 1030. The van der Waals surface area contributed by atoms with Crippen LogP contribution in [0.2, 0.25) is 0 Å². The van der Waals surface area contributed by atoms with Gasteiger partial charge in [0, 0.05) is 4.88 Å². The number of hydrogen-bond donors (Lipinski definition) is 1. The number of aromatic nitrogens is 2. The van der Waals surface area contributed by atoms with E-state index < -0.39 is 6.10 Å². The van der Waals surface area contributed by atoms with Crippen LogP contribution in [0.1, 0.15) is 23.8 Å². The van der Waals surface area contributed by atoms with Crippen molar-refractivity contribution in [2.45, 2.75) is 38.8 Å². The third kappa shape index (κ3) is 3.77. The van der Waals surface area contributed by atoms with E-state index >= 15 is 0 Å². The summed E-state index contributed by atoms with van der Waals surface area (Å²) >= 11 is 1.63. The van der Waals surface area contributed by atoms with Crippen molar-refractivity contribution in [3.05, 3.63) is 51.4 Å². The maximum atomic E-state index is 13.0. The molecule has 2 heterocycles. The van der Waals surface area contributed by atoms with Crippen molar-refractivity contribution in [2.24, 2.45) is 5.92 Å². The number of rotatable bonds is 6. The second kappa shape index (κ2) is 7.93. The zero-order valence-electron chi connectivity index (χ0n) is 16.1. The largest absolute Gasteiger partial charge is 0.497 e. The molecule has 1 aliphatic rings. The molecule has 6 nitrogen and oxygen atoms in total. The molecule has 2 aromatic heterocycles. The second-order valence-corrected chi connectivity index (χ2v) is 8.46. The van der Waals surface area contributed by atoms with Crippen LogP contribution in [-0.4, -0.2) is 34.5 Å². The van der Waals surface area contributed by atoms with E-state index in [0.29, 0.717) is 11.7 Å². The van der Waals surface area contributed by atoms with Crippen LogP contribution in [0.4, 0.5) is 0 Å². The van der Waals surface area contributed by atoms with Gasteiger partial charge in [0.15, 0.2) is 0 Å². The molecule has 1 N–H and O–H groups in total. The van der Waals surface area contributed by atoms with Crippen molar-refractivity contribution in [1.29, 1.82) is 0 Å². The van der Waals surface area contributed by atoms with Gasteiger partial charge in [-0.2, -0.15) is 0 Å². The monoisotopic (exact) mass is 400 g/mol. The number of aliphatic hydroxyl groups is 1. The molecule has 1 aromatic carbocycles. The van der Waals surface area contributed by atoms with Crippen LogP contribution >= 0.6 is 11.3 Å². The van der Waals surface area contributed by atoms with Crippen LogP contribution in [0.5, 0.6) is 11.5 Å². The normalized spacial score (nSPS) is 17.3. The lowest BCUT2D eigenvalue weighted by molar-refractivity contribution is 0.0914. The van der Waals surface area contributed by atoms with E-state index in [-0.39, 0.29) is 18.7 Å². The first kappa shape index (κ1) is 19.0. The molecule has 4 rings (SSSR count). The maximum absolute atomic E-state index is 13.0. The Morgan fingerprint density at radius 1 is 1.32 bits per heavy atom. The molecule has 0 saturated heterocycles. The second-order valence-electron chi connectivity index (χ2n) is 7.37. The summed E-state index contributed by atoms with van der Waals surface area (Å²) in [6, 6.07) is 7.16. The van der Waals surface area contributed by atoms with Gasteiger partial charge in [0.05, 0.1) is 25.4 Å². The van der Waals surface area contributed by atoms with Gasteiger partial charge in [0.1, 0.15) is 29.0 Å². The molecule has 0 unspecified atom stereocenters. The fourth-order valence-corrected chi connectivity index (χ4v) is 4.98. The van der Waals surface area contributed by atoms with Gasteiger partial charge < -0.3 is 14.6 Å². The van der Waals surface area contributed by atoms with Crippen LogP contribution in [0.3, 0.4) is 0 Å². The molecule has 0 aliphatic heterocycles. The van der Waals surface area contributed by atoms with E-state index in [1.54, 1.807) is 42.7 Å². The average Bonchev–Trinajstić information content (AvgIpc) is 3.07. The molecular weight excluding hydrogens is 376 g/mol. The van der Waals surface area contributed by atoms with Gasteiger partial charge in [-0.05, 0) is 55.0 Å². The van der Waals surface area contributed by atoms with Gasteiger partial charge >= 0.3 is 0 Å². The minimum absolute atomic E-state index is 0.0689. The number of methoxy groups -OCH3 is 1. The number of thiophene rings is 1. The molecule has 2 atom stereocenters. The summed E-state index contributed by atoms with van der Waals surface area (Å²) in [5.74, 6) is 2.04. The lowest BCUT2D eigenvalue weighted by Crippen LogP contribution is -2.30. The van der Waals surface area contributed by atoms with Gasteiger partial charge in [-0.15, -0.1) is 11.3 Å². The molecule has 0 amide bonds. The molecule has 0 bridgehead atoms. The molecular formula is C21H24N2O4S. The van der Waals surface area contributed by atoms with Crippen molar-refractivity contribution in [3.8, 4) is 11.5 Å². The fraction of sp³-hybridized carbons (Fsp3) is 0.429. The van der Waals surface area contributed by atoms with Crippen LogP contribution in [0.25, 0.3) is 10.2 Å². The Morgan fingerprint density at radius 2 is 2.07 bits per heavy atom. The van der Waals surface area contributed by atoms with E-state index in [9.17, 15) is 9.90 Å². The molecule has 0 fully saturated rings. The number of fused-ring (bicyclic) bond motifs is 3. The van der Waals surface area contributed by atoms with Crippen LogP contribution < -0.4 is 15.0 Å². The molecule has 0 spiro atoms. The summed E-state index contributed by atoms with van der Waals surface area (Å²) in [5.41, 5.74) is 1.09. The first-order chi connectivity index (χ1) is 13.5. The highest BCUT2D eigenvalue weighted by Gasteiger charge is 2.23. The smallest absolute Gasteiger partial charge is 0.262 e. The quantitative estimate of drug-likeness (QED) is 0.689. The van der Waals surface area contributed by atoms with Crippen molar-refractivity contribution in [2.75, 3.05) is 13.7 Å². The molecule has 0 radical (unpaired) electrons. The number of aryl methyl sites for hydroxylation is 1. The Balaban J connectivity index is 1.48. The predicted octanol–water partition coefficient (Wildman–Crippen LogP) is 3.03. The zero-order chi connectivity index (χ0) is 19.7. The van der Waals surface area contributed by atoms with Crippen LogP contribution in [0, 0.1) is 5.92 Å². The maximum Gasteiger partial charge on any atom is 0.262 e. The Morgan fingerprint density at radius 3 is 2.82 bits per heavy atom. The number of benzene rings is 1. The minimum atomic E-state index is -0.812. The topological polar surface area (TPSA) is 73.6 Å². The average molecular weight is 401 g/mol. The number of ether oxygens (including phenoxy) is 2. The third-order valence-electron chi connectivity index (χ3n) is 5.19. The fourth-order valence-electron chi connectivity index (χ4n) is 3.64. The van der Waals surface area contributed by atoms with E-state index in [2.05, 4.69) is 11.9 Å². The minimum Gasteiger partial charge on any atom is -0.497 e. The lowest BCUT2D eigenvalue weighted by atomic mass is 9.89. The molecule has 7 heteroatoms. The lowest BCUT2D eigenvalue weighted by Gasteiger charge is -2.17. The van der Waals surface area contributed by atoms with Crippen molar-refractivity contribution in [1.82, 2.24) is 9.55 Å². The Kier molecular flexibility index (Phi) is 5.37. The van der Waals surface area contributed by atoms with Crippen LogP contribution in [0.15, 0.2) is 35.4 Å². The third-order valence-corrected chi connectivity index (χ3v) is 6.35. The summed E-state index contributed by atoms with van der Waals surface area (Å²) in [4.78, 5) is 19.6. The summed E-state index contributed by atoms with van der Waals surface area (Å²) in [6.45, 7) is 2.49. The number of nitrogens with zero attached hydrogens (tertiary/aromatic N) is 2. The van der Waals surface area contributed by atoms with Crippen molar-refractivity contribution in [3.63, 3.8) is 0 Å². The van der Waals surface area contributed by atoms with Gasteiger partial charge in [-0.3, -0.25) is 9.36 Å². The summed E-state index contributed by atoms with van der Waals surface area (Å²) in [6.07, 6.45) is 3.78. The summed E-state index contributed by atoms with van der Waals surface area (Å²) in [7, 11) is 1.60. The molecule has 1 aliphatic carbocycles. The zero-order valence-corrected chi connectivity index (χ0v) is 16.9. The highest BCUT2D eigenvalue weighted by Crippen LogP contribution is 2.35. The standard InChI is InChI=1S/C21H24N2O4S/c1-13-3-8-17-18(9-13)28-20-19(17)21(25)23(12-22-20)10-14(24)11-27-16-6-4-15(26-2)5-7-16/h4-7,12-14,24H,3,8-11H2,1-2H3/t13-,14-/m1/s1. The summed E-state index contributed by atoms with van der Waals surface area (Å²) < 4.78 is 12.2. The number of aliphatic hydroxyl groups excluding tert-OH is 1. The van der Waals surface area contributed by atoms with E-state index in [1.165, 1.54) is 15.8 Å². The van der Waals surface area contributed by atoms with Crippen molar-refractivity contribution < 1.29 is 14.6 Å². The van der Waals surface area contributed by atoms with Gasteiger partial charge in [-0.1, -0.05) is 6.92 Å². The van der Waals surface area contributed by atoms with E-state index in [0.717, 1.165) is 40.8 Å². The van der Waals surface area contributed by atoms with Crippen molar-refractivity contribution >= 4 is 21.6 Å². The molecule has 3 aromatic rings. The molecule has 148 valence electrons. The van der Waals surface area contributed by atoms with Gasteiger partial charge in [0.2, 0.25) is 0 Å². The Labute approximate surface area is 167 Å². The van der Waals surface area contributed by atoms with Gasteiger partial charge in [-0.25, -0.2) is 4.98 Å². The highest BCUT2D eigenvalue weighted by atomic mass is 32.1. The van der Waals surface area contributed by atoms with Gasteiger partial charge in [0.25, 0.3) is 5.56 Å². The van der Waals surface area contributed by atoms with E-state index in [1.807, 2.05) is 0 Å². The number of hydrogen-bond acceptors (Lipinski definition) is 6. The summed E-state index contributed by atoms with van der Waals surface area (Å²) in [5, 5.41) is 11.1. The molecule has 0 saturated carbocycles. The SMILES string of the molecule is COc1ccc(OC[C@H](O)Cn2cnc3sc4c(c3c2=O)CC[C@@H](C)C4)cc1. The van der Waals surface area contributed by atoms with E-state index in [4.69, 9.17) is 9.47 Å². The highest BCUT2D eigenvalue weighted by molar-refractivity contribution is 7.18. The predicted molar refractivity (Wildman–Crippen MR) is 110 cm³/mol. The van der Waals surface area contributed by atoms with Crippen LogP contribution in [-0.2, 0) is 19.4 Å². The first-order valence-corrected chi connectivity index (χ1v) is 10.3. The molecule has 28 heavy (non-hydrogen) atoms. The Hall–Kier alpha value is -2.38.